The first-order valence-corrected chi connectivity index (χ1v) is 6.79. The zero-order chi connectivity index (χ0) is 14.7. The number of nitrogens with zero attached hydrogens (tertiary/aromatic N) is 2. The van der Waals surface area contributed by atoms with Crippen LogP contribution < -0.4 is 10.6 Å². The van der Waals surface area contributed by atoms with Gasteiger partial charge in [0.25, 0.3) is 0 Å². The van der Waals surface area contributed by atoms with Crippen LogP contribution in [0.15, 0.2) is 42.6 Å². The Morgan fingerprint density at radius 2 is 2.10 bits per heavy atom. The van der Waals surface area contributed by atoms with E-state index in [-0.39, 0.29) is 11.8 Å². The SMILES string of the molecule is N#Cc1cccc(Nc2ccc(NC(=O)C3CC3)nc2)c1. The Balaban J connectivity index is 1.66. The van der Waals surface area contributed by atoms with Crippen molar-refractivity contribution in [3.05, 3.63) is 48.2 Å². The van der Waals surface area contributed by atoms with E-state index in [2.05, 4.69) is 21.7 Å². The minimum Gasteiger partial charge on any atom is -0.354 e. The molecule has 1 aliphatic rings. The maximum atomic E-state index is 11.6. The van der Waals surface area contributed by atoms with Crippen molar-refractivity contribution in [3.8, 4) is 6.07 Å². The first kappa shape index (κ1) is 13.1. The van der Waals surface area contributed by atoms with E-state index in [1.165, 1.54) is 0 Å². The number of nitrogens with one attached hydrogen (secondary N) is 2. The molecular formula is C16H14N4O. The molecule has 5 heteroatoms. The van der Waals surface area contributed by atoms with E-state index < -0.39 is 0 Å². The molecule has 1 amide bonds. The Kier molecular flexibility index (Phi) is 3.52. The van der Waals surface area contributed by atoms with Crippen molar-refractivity contribution < 1.29 is 4.79 Å². The highest BCUT2D eigenvalue weighted by atomic mass is 16.2. The molecule has 0 spiro atoms. The molecule has 0 atom stereocenters. The number of hydrogen-bond acceptors (Lipinski definition) is 4. The maximum absolute atomic E-state index is 11.6. The molecule has 5 nitrogen and oxygen atoms in total. The number of benzene rings is 1. The van der Waals surface area contributed by atoms with E-state index in [1.54, 1.807) is 24.4 Å². The number of carbonyl (C=O) groups is 1. The number of pyridine rings is 1. The van der Waals surface area contributed by atoms with Gasteiger partial charge in [-0.15, -0.1) is 0 Å². The minimum absolute atomic E-state index is 0.0462. The molecule has 1 saturated carbocycles. The molecule has 1 aromatic carbocycles. The van der Waals surface area contributed by atoms with Crippen LogP contribution in [0.1, 0.15) is 18.4 Å². The van der Waals surface area contributed by atoms with Crippen molar-refractivity contribution in [3.63, 3.8) is 0 Å². The molecule has 0 radical (unpaired) electrons. The lowest BCUT2D eigenvalue weighted by Crippen LogP contribution is -2.14. The summed E-state index contributed by atoms with van der Waals surface area (Å²) in [5.74, 6) is 0.770. The van der Waals surface area contributed by atoms with Gasteiger partial charge in [-0.3, -0.25) is 4.79 Å². The lowest BCUT2D eigenvalue weighted by atomic mass is 10.2. The Morgan fingerprint density at radius 1 is 1.24 bits per heavy atom. The number of amides is 1. The van der Waals surface area contributed by atoms with Gasteiger partial charge in [0.2, 0.25) is 5.91 Å². The predicted molar refractivity (Wildman–Crippen MR) is 80.0 cm³/mol. The number of anilines is 3. The maximum Gasteiger partial charge on any atom is 0.228 e. The van der Waals surface area contributed by atoms with Crippen LogP contribution in [0.25, 0.3) is 0 Å². The second kappa shape index (κ2) is 5.63. The Labute approximate surface area is 122 Å². The lowest BCUT2D eigenvalue weighted by Gasteiger charge is -2.08. The van der Waals surface area contributed by atoms with Gasteiger partial charge in [0.05, 0.1) is 23.5 Å². The number of nitriles is 1. The first-order chi connectivity index (χ1) is 10.2. The van der Waals surface area contributed by atoms with Gasteiger partial charge in [0.15, 0.2) is 0 Å². The predicted octanol–water partition coefficient (Wildman–Crippen LogP) is 3.05. The molecular weight excluding hydrogens is 264 g/mol. The molecule has 1 fully saturated rings. The average Bonchev–Trinajstić information content (AvgIpc) is 3.34. The monoisotopic (exact) mass is 278 g/mol. The molecule has 104 valence electrons. The highest BCUT2D eigenvalue weighted by Crippen LogP contribution is 2.30. The largest absolute Gasteiger partial charge is 0.354 e. The number of carbonyl (C=O) groups excluding carboxylic acids is 1. The van der Waals surface area contributed by atoms with Gasteiger partial charge in [-0.2, -0.15) is 5.26 Å². The van der Waals surface area contributed by atoms with E-state index in [1.807, 2.05) is 18.2 Å². The van der Waals surface area contributed by atoms with Crippen molar-refractivity contribution in [2.24, 2.45) is 5.92 Å². The Bertz CT molecular complexity index is 699. The minimum atomic E-state index is 0.0462. The van der Waals surface area contributed by atoms with Crippen LogP contribution >= 0.6 is 0 Å². The van der Waals surface area contributed by atoms with Crippen molar-refractivity contribution in [1.29, 1.82) is 5.26 Å². The van der Waals surface area contributed by atoms with E-state index in [0.717, 1.165) is 24.2 Å². The number of rotatable bonds is 4. The second-order valence-electron chi connectivity index (χ2n) is 5.01. The summed E-state index contributed by atoms with van der Waals surface area (Å²) < 4.78 is 0. The highest BCUT2D eigenvalue weighted by molar-refractivity contribution is 5.93. The van der Waals surface area contributed by atoms with E-state index >= 15 is 0 Å². The standard InChI is InChI=1S/C16H14N4O/c17-9-11-2-1-3-13(8-11)19-14-6-7-15(18-10-14)20-16(21)12-4-5-12/h1-3,6-8,10,12,19H,4-5H2,(H,18,20,21). The number of hydrogen-bond donors (Lipinski definition) is 2. The van der Waals surface area contributed by atoms with E-state index in [9.17, 15) is 4.79 Å². The van der Waals surface area contributed by atoms with Crippen LogP contribution in [-0.4, -0.2) is 10.9 Å². The van der Waals surface area contributed by atoms with Gasteiger partial charge in [0.1, 0.15) is 5.82 Å². The summed E-state index contributed by atoms with van der Waals surface area (Å²) >= 11 is 0. The van der Waals surface area contributed by atoms with Gasteiger partial charge in [-0.05, 0) is 43.2 Å². The summed E-state index contributed by atoms with van der Waals surface area (Å²) in [6.45, 7) is 0. The van der Waals surface area contributed by atoms with Gasteiger partial charge < -0.3 is 10.6 Å². The van der Waals surface area contributed by atoms with Crippen LogP contribution in [0, 0.1) is 17.2 Å². The summed E-state index contributed by atoms with van der Waals surface area (Å²) in [6, 6.07) is 12.9. The molecule has 2 aromatic rings. The molecule has 2 N–H and O–H groups in total. The van der Waals surface area contributed by atoms with Gasteiger partial charge in [-0.1, -0.05) is 6.07 Å². The Morgan fingerprint density at radius 3 is 2.76 bits per heavy atom. The molecule has 1 aromatic heterocycles. The zero-order valence-corrected chi connectivity index (χ0v) is 11.3. The molecule has 0 bridgehead atoms. The third-order valence-electron chi connectivity index (χ3n) is 3.24. The molecule has 3 rings (SSSR count). The van der Waals surface area contributed by atoms with Crippen LogP contribution in [0.4, 0.5) is 17.2 Å². The number of aromatic nitrogens is 1. The third kappa shape index (κ3) is 3.37. The van der Waals surface area contributed by atoms with Crippen LogP contribution in [-0.2, 0) is 4.79 Å². The first-order valence-electron chi connectivity index (χ1n) is 6.79. The fourth-order valence-corrected chi connectivity index (χ4v) is 1.95. The summed E-state index contributed by atoms with van der Waals surface area (Å²) in [4.78, 5) is 15.8. The molecule has 0 unspecified atom stereocenters. The van der Waals surface area contributed by atoms with Crippen molar-refractivity contribution in [2.45, 2.75) is 12.8 Å². The summed E-state index contributed by atoms with van der Waals surface area (Å²) in [5, 5.41) is 14.8. The molecule has 21 heavy (non-hydrogen) atoms. The van der Waals surface area contributed by atoms with Crippen LogP contribution in [0.5, 0.6) is 0 Å². The molecule has 1 aliphatic carbocycles. The zero-order valence-electron chi connectivity index (χ0n) is 11.3. The van der Waals surface area contributed by atoms with E-state index in [0.29, 0.717) is 11.4 Å². The fourth-order valence-electron chi connectivity index (χ4n) is 1.95. The smallest absolute Gasteiger partial charge is 0.228 e. The van der Waals surface area contributed by atoms with E-state index in [4.69, 9.17) is 5.26 Å². The topological polar surface area (TPSA) is 77.8 Å². The molecule has 1 heterocycles. The quantitative estimate of drug-likeness (QED) is 0.901. The Hall–Kier alpha value is -2.87. The fraction of sp³-hybridized carbons (Fsp3) is 0.188. The van der Waals surface area contributed by atoms with Gasteiger partial charge >= 0.3 is 0 Å². The van der Waals surface area contributed by atoms with Crippen molar-refractivity contribution in [1.82, 2.24) is 4.98 Å². The average molecular weight is 278 g/mol. The third-order valence-corrected chi connectivity index (χ3v) is 3.24. The second-order valence-corrected chi connectivity index (χ2v) is 5.01. The summed E-state index contributed by atoms with van der Waals surface area (Å²) in [7, 11) is 0. The lowest BCUT2D eigenvalue weighted by molar-refractivity contribution is -0.117. The highest BCUT2D eigenvalue weighted by Gasteiger charge is 2.29. The van der Waals surface area contributed by atoms with Crippen molar-refractivity contribution >= 4 is 23.1 Å². The van der Waals surface area contributed by atoms with Gasteiger partial charge in [-0.25, -0.2) is 4.98 Å². The molecule has 0 aliphatic heterocycles. The summed E-state index contributed by atoms with van der Waals surface area (Å²) in [5.41, 5.74) is 2.22. The normalized spacial score (nSPS) is 13.3. The summed E-state index contributed by atoms with van der Waals surface area (Å²) in [6.07, 6.45) is 3.60. The van der Waals surface area contributed by atoms with Crippen molar-refractivity contribution in [2.75, 3.05) is 10.6 Å². The van der Waals surface area contributed by atoms with Crippen LogP contribution in [0.3, 0.4) is 0 Å². The molecule has 0 saturated heterocycles. The van der Waals surface area contributed by atoms with Crippen LogP contribution in [0.2, 0.25) is 0 Å². The van der Waals surface area contributed by atoms with Gasteiger partial charge in [0, 0.05) is 11.6 Å².